The van der Waals surface area contributed by atoms with E-state index in [-0.39, 0.29) is 6.42 Å². The fourth-order valence-electron chi connectivity index (χ4n) is 3.38. The molecule has 1 aromatic carbocycles. The summed E-state index contributed by atoms with van der Waals surface area (Å²) in [7, 11) is 1.62. The first-order chi connectivity index (χ1) is 15.4. The molecule has 2 heterocycles. The molecule has 0 aliphatic heterocycles. The summed E-state index contributed by atoms with van der Waals surface area (Å²) < 4.78 is 39.3. The van der Waals surface area contributed by atoms with E-state index >= 15 is 0 Å². The zero-order valence-corrected chi connectivity index (χ0v) is 18.7. The Balaban J connectivity index is 1.65. The van der Waals surface area contributed by atoms with Crippen LogP contribution in [-0.4, -0.2) is 58.2 Å². The van der Waals surface area contributed by atoms with Crippen LogP contribution in [0.15, 0.2) is 18.2 Å². The molecule has 0 spiro atoms. The lowest BCUT2D eigenvalue weighted by atomic mass is 10.1. The molecular weight excluding hydrogens is 420 g/mol. The highest BCUT2D eigenvalue weighted by molar-refractivity contribution is 5.85. The summed E-state index contributed by atoms with van der Waals surface area (Å²) in [6.07, 6.45) is 1.25. The predicted octanol–water partition coefficient (Wildman–Crippen LogP) is 4.20. The van der Waals surface area contributed by atoms with E-state index in [1.165, 1.54) is 6.92 Å². The first-order valence-corrected chi connectivity index (χ1v) is 10.8. The van der Waals surface area contributed by atoms with Gasteiger partial charge in [0.15, 0.2) is 5.82 Å². The number of alkyl halides is 2. The molecule has 1 N–H and O–H groups in total. The van der Waals surface area contributed by atoms with Crippen LogP contribution in [0.1, 0.15) is 44.9 Å². The molecule has 0 saturated heterocycles. The zero-order chi connectivity index (χ0) is 23.1. The van der Waals surface area contributed by atoms with Gasteiger partial charge in [0.2, 0.25) is 11.4 Å². The number of hydrogen-bond donors (Lipinski definition) is 1. The third-order valence-electron chi connectivity index (χ3n) is 5.24. The van der Waals surface area contributed by atoms with Crippen LogP contribution in [0.5, 0.6) is 5.75 Å². The molecule has 32 heavy (non-hydrogen) atoms. The third-order valence-corrected chi connectivity index (χ3v) is 5.24. The van der Waals surface area contributed by atoms with Crippen molar-refractivity contribution in [2.75, 3.05) is 32.2 Å². The highest BCUT2D eigenvalue weighted by Crippen LogP contribution is 2.25. The molecule has 0 atom stereocenters. The van der Waals surface area contributed by atoms with Gasteiger partial charge < -0.3 is 14.8 Å². The SMILES string of the molecule is CCC(F)(F)C(=O)CCCCCNc1nc2cc(OCCOC)ccc2n2c(C)nnc12. The molecule has 0 bridgehead atoms. The molecular formula is C22H29F2N5O3. The molecule has 8 nitrogen and oxygen atoms in total. The van der Waals surface area contributed by atoms with Crippen molar-refractivity contribution < 1.29 is 23.0 Å². The maximum atomic E-state index is 13.3. The van der Waals surface area contributed by atoms with Crippen LogP contribution in [-0.2, 0) is 9.53 Å². The minimum Gasteiger partial charge on any atom is -0.491 e. The van der Waals surface area contributed by atoms with Gasteiger partial charge in [-0.2, -0.15) is 8.78 Å². The number of fused-ring (bicyclic) bond motifs is 3. The number of methoxy groups -OCH3 is 1. The first kappa shape index (κ1) is 23.8. The van der Waals surface area contributed by atoms with Crippen LogP contribution in [0.3, 0.4) is 0 Å². The summed E-state index contributed by atoms with van der Waals surface area (Å²) >= 11 is 0. The maximum absolute atomic E-state index is 13.3. The molecule has 0 amide bonds. The van der Waals surface area contributed by atoms with Crippen molar-refractivity contribution in [3.8, 4) is 5.75 Å². The summed E-state index contributed by atoms with van der Waals surface area (Å²) in [4.78, 5) is 16.2. The molecule has 0 radical (unpaired) electrons. The number of nitrogens with one attached hydrogen (secondary N) is 1. The number of Topliss-reactive ketones (excluding diaryl/α,β-unsaturated/α-hetero) is 1. The minimum atomic E-state index is -3.21. The smallest absolute Gasteiger partial charge is 0.305 e. The summed E-state index contributed by atoms with van der Waals surface area (Å²) in [5, 5.41) is 11.7. The van der Waals surface area contributed by atoms with E-state index in [0.29, 0.717) is 56.2 Å². The number of hydrogen-bond acceptors (Lipinski definition) is 7. The molecule has 0 aliphatic carbocycles. The second kappa shape index (κ2) is 10.6. The number of anilines is 1. The van der Waals surface area contributed by atoms with Crippen LogP contribution in [0.25, 0.3) is 16.7 Å². The van der Waals surface area contributed by atoms with Gasteiger partial charge in [-0.15, -0.1) is 10.2 Å². The average molecular weight is 450 g/mol. The number of unbranched alkanes of at least 4 members (excludes halogenated alkanes) is 2. The Bertz CT molecular complexity index is 1070. The number of carbonyl (C=O) groups is 1. The van der Waals surface area contributed by atoms with E-state index in [1.54, 1.807) is 7.11 Å². The number of ether oxygens (including phenoxy) is 2. The second-order valence-electron chi connectivity index (χ2n) is 7.58. The Morgan fingerprint density at radius 3 is 2.75 bits per heavy atom. The highest BCUT2D eigenvalue weighted by Gasteiger charge is 2.34. The number of ketones is 1. The van der Waals surface area contributed by atoms with E-state index < -0.39 is 18.1 Å². The fraction of sp³-hybridized carbons (Fsp3) is 0.545. The Labute approximate surface area is 185 Å². The third kappa shape index (κ3) is 5.48. The number of halogens is 2. The predicted molar refractivity (Wildman–Crippen MR) is 118 cm³/mol. The van der Waals surface area contributed by atoms with E-state index in [4.69, 9.17) is 14.5 Å². The van der Waals surface area contributed by atoms with Crippen molar-refractivity contribution >= 4 is 28.3 Å². The maximum Gasteiger partial charge on any atom is 0.305 e. The Hall–Kier alpha value is -2.88. The van der Waals surface area contributed by atoms with Crippen molar-refractivity contribution in [3.05, 3.63) is 24.0 Å². The number of carbonyl (C=O) groups excluding carboxylic acids is 1. The molecule has 0 saturated carbocycles. The van der Waals surface area contributed by atoms with Gasteiger partial charge in [-0.3, -0.25) is 9.20 Å². The molecule has 3 rings (SSSR count). The Kier molecular flexibility index (Phi) is 7.89. The van der Waals surface area contributed by atoms with E-state index in [9.17, 15) is 13.6 Å². The molecule has 0 unspecified atom stereocenters. The molecule has 174 valence electrons. The molecule has 2 aromatic heterocycles. The van der Waals surface area contributed by atoms with E-state index in [2.05, 4.69) is 15.5 Å². The zero-order valence-electron chi connectivity index (χ0n) is 18.7. The standard InChI is InChI=1S/C22H29F2N5O3/c1-4-22(23,24)19(30)8-6-5-7-11-25-20-21-28-27-15(2)29(21)18-10-9-16(14-17(18)26-20)32-13-12-31-3/h9-10,14H,4-8,11-13H2,1-3H3,(H,25,26). The van der Waals surface area contributed by atoms with E-state index in [0.717, 1.165) is 16.9 Å². The van der Waals surface area contributed by atoms with Gasteiger partial charge >= 0.3 is 5.92 Å². The topological polar surface area (TPSA) is 90.6 Å². The van der Waals surface area contributed by atoms with E-state index in [1.807, 2.05) is 29.5 Å². The number of nitrogens with zero attached hydrogens (tertiary/aromatic N) is 4. The summed E-state index contributed by atoms with van der Waals surface area (Å²) in [6.45, 7) is 4.69. The Morgan fingerprint density at radius 1 is 1.19 bits per heavy atom. The quantitative estimate of drug-likeness (QED) is 0.391. The van der Waals surface area contributed by atoms with Crippen LogP contribution < -0.4 is 10.1 Å². The number of aromatic nitrogens is 4. The number of benzene rings is 1. The second-order valence-corrected chi connectivity index (χ2v) is 7.58. The molecule has 10 heteroatoms. The summed E-state index contributed by atoms with van der Waals surface area (Å²) in [5.41, 5.74) is 2.20. The molecule has 3 aromatic rings. The lowest BCUT2D eigenvalue weighted by Gasteiger charge is -2.12. The van der Waals surface area contributed by atoms with Gasteiger partial charge in [-0.1, -0.05) is 13.3 Å². The normalized spacial score (nSPS) is 11.9. The summed E-state index contributed by atoms with van der Waals surface area (Å²) in [5.74, 6) is -2.18. The minimum absolute atomic E-state index is 0.103. The summed E-state index contributed by atoms with van der Waals surface area (Å²) in [6, 6.07) is 5.64. The largest absolute Gasteiger partial charge is 0.491 e. The van der Waals surface area contributed by atoms with Crippen LogP contribution >= 0.6 is 0 Å². The fourth-order valence-corrected chi connectivity index (χ4v) is 3.38. The van der Waals surface area contributed by atoms with Gasteiger partial charge in [0.25, 0.3) is 0 Å². The van der Waals surface area contributed by atoms with Crippen molar-refractivity contribution in [2.45, 2.75) is 51.9 Å². The van der Waals surface area contributed by atoms with Crippen molar-refractivity contribution in [1.29, 1.82) is 0 Å². The van der Waals surface area contributed by atoms with Crippen LogP contribution in [0, 0.1) is 6.92 Å². The number of aryl methyl sites for hydroxylation is 1. The van der Waals surface area contributed by atoms with Crippen LogP contribution in [0.4, 0.5) is 14.6 Å². The van der Waals surface area contributed by atoms with Gasteiger partial charge in [0.1, 0.15) is 18.2 Å². The van der Waals surface area contributed by atoms with Crippen LogP contribution in [0.2, 0.25) is 0 Å². The van der Waals surface area contributed by atoms with Gasteiger partial charge in [0.05, 0.1) is 17.6 Å². The van der Waals surface area contributed by atoms with Gasteiger partial charge in [-0.05, 0) is 31.9 Å². The van der Waals surface area contributed by atoms with Crippen molar-refractivity contribution in [3.63, 3.8) is 0 Å². The lowest BCUT2D eigenvalue weighted by Crippen LogP contribution is -2.27. The lowest BCUT2D eigenvalue weighted by molar-refractivity contribution is -0.143. The molecule has 0 fully saturated rings. The van der Waals surface area contributed by atoms with Crippen molar-refractivity contribution in [1.82, 2.24) is 19.6 Å². The highest BCUT2D eigenvalue weighted by atomic mass is 19.3. The monoisotopic (exact) mass is 449 g/mol. The molecule has 0 aliphatic rings. The van der Waals surface area contributed by atoms with Gasteiger partial charge in [0, 0.05) is 32.6 Å². The average Bonchev–Trinajstić information content (AvgIpc) is 3.17. The number of rotatable bonds is 13. The van der Waals surface area contributed by atoms with Gasteiger partial charge in [-0.25, -0.2) is 4.98 Å². The van der Waals surface area contributed by atoms with Crippen molar-refractivity contribution in [2.24, 2.45) is 0 Å². The first-order valence-electron chi connectivity index (χ1n) is 10.8. The Morgan fingerprint density at radius 2 is 2.00 bits per heavy atom.